The van der Waals surface area contributed by atoms with Crippen LogP contribution in [0.3, 0.4) is 0 Å². The molecule has 0 saturated heterocycles. The number of amides is 1. The SMILES string of the molecule is CCn1c(SCC(=O)N(CCC(=O)OC)CC(C)C)nnc1-c1cccc(C)c1. The van der Waals surface area contributed by atoms with Crippen LogP contribution in [0, 0.1) is 12.8 Å². The molecule has 0 aliphatic carbocycles. The Morgan fingerprint density at radius 2 is 2.03 bits per heavy atom. The maximum Gasteiger partial charge on any atom is 0.307 e. The van der Waals surface area contributed by atoms with Gasteiger partial charge in [-0.05, 0) is 25.8 Å². The smallest absolute Gasteiger partial charge is 0.307 e. The second kappa shape index (κ2) is 11.0. The van der Waals surface area contributed by atoms with Crippen LogP contribution in [-0.4, -0.2) is 57.5 Å². The number of ether oxygens (including phenoxy) is 1. The lowest BCUT2D eigenvalue weighted by Crippen LogP contribution is -2.37. The average Bonchev–Trinajstić information content (AvgIpc) is 3.11. The predicted octanol–water partition coefficient (Wildman–Crippen LogP) is 3.41. The minimum Gasteiger partial charge on any atom is -0.469 e. The third-order valence-corrected chi connectivity index (χ3v) is 5.34. The zero-order chi connectivity index (χ0) is 21.4. The number of nitrogens with zero attached hydrogens (tertiary/aromatic N) is 4. The maximum atomic E-state index is 12.8. The highest BCUT2D eigenvalue weighted by atomic mass is 32.2. The molecule has 1 aromatic heterocycles. The van der Waals surface area contributed by atoms with Gasteiger partial charge in [0, 0.05) is 25.2 Å². The minimum atomic E-state index is -0.312. The molecular weight excluding hydrogens is 388 g/mol. The van der Waals surface area contributed by atoms with Crippen molar-refractivity contribution in [1.82, 2.24) is 19.7 Å². The Morgan fingerprint density at radius 3 is 2.66 bits per heavy atom. The molecule has 1 aromatic carbocycles. The number of aryl methyl sites for hydroxylation is 1. The molecule has 0 atom stereocenters. The quantitative estimate of drug-likeness (QED) is 0.435. The molecule has 0 radical (unpaired) electrons. The molecule has 0 aliphatic heterocycles. The second-order valence-corrected chi connectivity index (χ2v) is 8.21. The van der Waals surface area contributed by atoms with Gasteiger partial charge in [0.25, 0.3) is 0 Å². The van der Waals surface area contributed by atoms with E-state index in [0.29, 0.717) is 25.6 Å². The van der Waals surface area contributed by atoms with Gasteiger partial charge in [0.1, 0.15) is 0 Å². The Morgan fingerprint density at radius 1 is 1.28 bits per heavy atom. The van der Waals surface area contributed by atoms with Crippen molar-refractivity contribution >= 4 is 23.6 Å². The number of esters is 1. The molecule has 0 unspecified atom stereocenters. The molecule has 0 fully saturated rings. The van der Waals surface area contributed by atoms with Crippen molar-refractivity contribution in [2.24, 2.45) is 5.92 Å². The van der Waals surface area contributed by atoms with E-state index >= 15 is 0 Å². The van der Waals surface area contributed by atoms with Gasteiger partial charge in [0.15, 0.2) is 11.0 Å². The molecule has 0 spiro atoms. The molecule has 1 heterocycles. The molecule has 7 nitrogen and oxygen atoms in total. The van der Waals surface area contributed by atoms with Gasteiger partial charge in [0.2, 0.25) is 5.91 Å². The van der Waals surface area contributed by atoms with Gasteiger partial charge in [-0.3, -0.25) is 9.59 Å². The van der Waals surface area contributed by atoms with E-state index in [-0.39, 0.29) is 24.1 Å². The largest absolute Gasteiger partial charge is 0.469 e. The van der Waals surface area contributed by atoms with Crippen molar-refractivity contribution < 1.29 is 14.3 Å². The van der Waals surface area contributed by atoms with Crippen molar-refractivity contribution in [2.75, 3.05) is 26.0 Å². The third-order valence-electron chi connectivity index (χ3n) is 4.39. The topological polar surface area (TPSA) is 77.3 Å². The van der Waals surface area contributed by atoms with Crippen LogP contribution in [0.5, 0.6) is 0 Å². The van der Waals surface area contributed by atoms with E-state index in [4.69, 9.17) is 4.74 Å². The van der Waals surface area contributed by atoms with Crippen LogP contribution in [-0.2, 0) is 20.9 Å². The molecule has 0 bridgehead atoms. The standard InChI is InChI=1S/C21H30N4O3S/c1-6-25-20(17-9-7-8-16(4)12-17)22-23-21(25)29-14-18(26)24(13-15(2)3)11-10-19(27)28-5/h7-9,12,15H,6,10-11,13-14H2,1-5H3. The minimum absolute atomic E-state index is 0.0182. The van der Waals surface area contributed by atoms with E-state index in [9.17, 15) is 9.59 Å². The summed E-state index contributed by atoms with van der Waals surface area (Å²) in [6.45, 7) is 9.86. The van der Waals surface area contributed by atoms with Gasteiger partial charge in [-0.2, -0.15) is 0 Å². The van der Waals surface area contributed by atoms with Crippen molar-refractivity contribution in [2.45, 2.75) is 45.8 Å². The highest BCUT2D eigenvalue weighted by Crippen LogP contribution is 2.25. The Hall–Kier alpha value is -2.35. The second-order valence-electron chi connectivity index (χ2n) is 7.27. The number of carbonyl (C=O) groups is 2. The molecule has 29 heavy (non-hydrogen) atoms. The van der Waals surface area contributed by atoms with Crippen LogP contribution in [0.15, 0.2) is 29.4 Å². The van der Waals surface area contributed by atoms with Gasteiger partial charge in [0.05, 0.1) is 19.3 Å². The lowest BCUT2D eigenvalue weighted by atomic mass is 10.1. The molecule has 0 saturated carbocycles. The van der Waals surface area contributed by atoms with Crippen LogP contribution in [0.25, 0.3) is 11.4 Å². The van der Waals surface area contributed by atoms with Crippen molar-refractivity contribution in [3.05, 3.63) is 29.8 Å². The van der Waals surface area contributed by atoms with E-state index in [1.807, 2.05) is 50.5 Å². The van der Waals surface area contributed by atoms with Crippen LogP contribution in [0.2, 0.25) is 0 Å². The van der Waals surface area contributed by atoms with Crippen molar-refractivity contribution in [1.29, 1.82) is 0 Å². The van der Waals surface area contributed by atoms with Gasteiger partial charge in [-0.1, -0.05) is 49.4 Å². The van der Waals surface area contributed by atoms with Crippen molar-refractivity contribution in [3.63, 3.8) is 0 Å². The zero-order valence-corrected chi connectivity index (χ0v) is 18.7. The summed E-state index contributed by atoms with van der Waals surface area (Å²) in [5.74, 6) is 1.03. The van der Waals surface area contributed by atoms with E-state index < -0.39 is 0 Å². The zero-order valence-electron chi connectivity index (χ0n) is 17.8. The first-order valence-electron chi connectivity index (χ1n) is 9.83. The van der Waals surface area contributed by atoms with Crippen LogP contribution >= 0.6 is 11.8 Å². The molecule has 2 aromatic rings. The van der Waals surface area contributed by atoms with Gasteiger partial charge in [-0.25, -0.2) is 0 Å². The first kappa shape index (κ1) is 22.9. The Balaban J connectivity index is 2.08. The van der Waals surface area contributed by atoms with E-state index in [1.165, 1.54) is 18.9 Å². The third kappa shape index (κ3) is 6.59. The summed E-state index contributed by atoms with van der Waals surface area (Å²) in [5.41, 5.74) is 2.17. The number of hydrogen-bond acceptors (Lipinski definition) is 6. The fourth-order valence-corrected chi connectivity index (χ4v) is 3.89. The fraction of sp³-hybridized carbons (Fsp3) is 0.524. The summed E-state index contributed by atoms with van der Waals surface area (Å²) in [6, 6.07) is 8.13. The fourth-order valence-electron chi connectivity index (χ4n) is 2.98. The number of benzene rings is 1. The van der Waals surface area contributed by atoms with Gasteiger partial charge < -0.3 is 14.2 Å². The number of hydrogen-bond donors (Lipinski definition) is 0. The normalized spacial score (nSPS) is 11.0. The first-order valence-corrected chi connectivity index (χ1v) is 10.8. The van der Waals surface area contributed by atoms with Crippen LogP contribution in [0.4, 0.5) is 0 Å². The maximum absolute atomic E-state index is 12.8. The highest BCUT2D eigenvalue weighted by Gasteiger charge is 2.19. The van der Waals surface area contributed by atoms with E-state index in [0.717, 1.165) is 22.1 Å². The monoisotopic (exact) mass is 418 g/mol. The van der Waals surface area contributed by atoms with E-state index in [2.05, 4.69) is 16.3 Å². The Bertz CT molecular complexity index is 835. The number of carbonyl (C=O) groups excluding carboxylic acids is 2. The van der Waals surface area contributed by atoms with Crippen LogP contribution in [0.1, 0.15) is 32.8 Å². The Kier molecular flexibility index (Phi) is 8.70. The first-order chi connectivity index (χ1) is 13.8. The van der Waals surface area contributed by atoms with E-state index in [1.54, 1.807) is 4.90 Å². The molecular formula is C21H30N4O3S. The molecule has 0 N–H and O–H groups in total. The summed E-state index contributed by atoms with van der Waals surface area (Å²) >= 11 is 1.38. The Labute approximate surface area is 176 Å². The number of rotatable bonds is 10. The summed E-state index contributed by atoms with van der Waals surface area (Å²) in [6.07, 6.45) is 0.197. The highest BCUT2D eigenvalue weighted by molar-refractivity contribution is 7.99. The van der Waals surface area contributed by atoms with Gasteiger partial charge >= 0.3 is 5.97 Å². The molecule has 158 valence electrons. The van der Waals surface area contributed by atoms with Crippen LogP contribution < -0.4 is 0 Å². The predicted molar refractivity (Wildman–Crippen MR) is 115 cm³/mol. The summed E-state index contributed by atoms with van der Waals surface area (Å²) < 4.78 is 6.72. The van der Waals surface area contributed by atoms with Crippen molar-refractivity contribution in [3.8, 4) is 11.4 Å². The number of methoxy groups -OCH3 is 1. The lowest BCUT2D eigenvalue weighted by molar-refractivity contribution is -0.141. The van der Waals surface area contributed by atoms with Gasteiger partial charge in [-0.15, -0.1) is 10.2 Å². The summed E-state index contributed by atoms with van der Waals surface area (Å²) in [4.78, 5) is 26.0. The summed E-state index contributed by atoms with van der Waals surface area (Å²) in [7, 11) is 1.36. The number of thioether (sulfide) groups is 1. The molecule has 0 aliphatic rings. The number of aromatic nitrogens is 3. The lowest BCUT2D eigenvalue weighted by Gasteiger charge is -2.24. The molecule has 1 amide bonds. The molecule has 8 heteroatoms. The average molecular weight is 419 g/mol. The molecule has 2 rings (SSSR count). The summed E-state index contributed by atoms with van der Waals surface area (Å²) in [5, 5.41) is 9.37.